The van der Waals surface area contributed by atoms with Gasteiger partial charge in [0, 0.05) is 17.5 Å². The Labute approximate surface area is 188 Å². The molecule has 0 aliphatic heterocycles. The van der Waals surface area contributed by atoms with E-state index in [-0.39, 0.29) is 28.5 Å². The van der Waals surface area contributed by atoms with Crippen LogP contribution >= 0.6 is 23.2 Å². The molecule has 3 rings (SSSR count). The summed E-state index contributed by atoms with van der Waals surface area (Å²) in [5, 5.41) is -0.202. The number of hydrogen-bond acceptors (Lipinski definition) is 1. The van der Waals surface area contributed by atoms with Gasteiger partial charge < -0.3 is 0 Å². The van der Waals surface area contributed by atoms with Crippen LogP contribution in [0.4, 0.5) is 30.7 Å². The van der Waals surface area contributed by atoms with Crippen molar-refractivity contribution in [3.8, 4) is 0 Å². The van der Waals surface area contributed by atoms with Crippen LogP contribution in [-0.4, -0.2) is 12.0 Å². The number of allylic oxidation sites excluding steroid dienone is 1. The van der Waals surface area contributed by atoms with Gasteiger partial charge in [-0.25, -0.2) is 4.39 Å². The van der Waals surface area contributed by atoms with Crippen molar-refractivity contribution >= 4 is 34.8 Å². The highest BCUT2D eigenvalue weighted by molar-refractivity contribution is 6.42. The monoisotopic (exact) mass is 498 g/mol. The Kier molecular flexibility index (Phi) is 6.96. The molecule has 0 spiro atoms. The fraction of sp³-hybridized carbons (Fsp3) is 0.318. The molecule has 0 saturated heterocycles. The number of hydrogen-bond donors (Lipinski definition) is 0. The van der Waals surface area contributed by atoms with Crippen LogP contribution in [0.25, 0.3) is 5.83 Å². The molecule has 2 aromatic rings. The molecule has 0 amide bonds. The van der Waals surface area contributed by atoms with Crippen molar-refractivity contribution in [1.29, 1.82) is 0 Å². The molecule has 1 aliphatic rings. The maximum absolute atomic E-state index is 14.8. The van der Waals surface area contributed by atoms with Gasteiger partial charge in [0.15, 0.2) is 5.78 Å². The molecule has 32 heavy (non-hydrogen) atoms. The van der Waals surface area contributed by atoms with Crippen LogP contribution in [0.3, 0.4) is 0 Å². The van der Waals surface area contributed by atoms with Crippen molar-refractivity contribution < 1.29 is 35.5 Å². The first-order chi connectivity index (χ1) is 14.8. The molecule has 2 aromatic carbocycles. The van der Waals surface area contributed by atoms with Crippen molar-refractivity contribution in [2.75, 3.05) is 0 Å². The topological polar surface area (TPSA) is 17.1 Å². The molecule has 0 heterocycles. The molecule has 0 radical (unpaired) electrons. The molecule has 1 unspecified atom stereocenters. The van der Waals surface area contributed by atoms with E-state index in [1.165, 1.54) is 0 Å². The smallest absolute Gasteiger partial charge is 0.294 e. The average molecular weight is 499 g/mol. The minimum Gasteiger partial charge on any atom is -0.294 e. The van der Waals surface area contributed by atoms with Gasteiger partial charge >= 0.3 is 12.4 Å². The minimum absolute atomic E-state index is 0.0120. The summed E-state index contributed by atoms with van der Waals surface area (Å²) in [6.45, 7) is 0. The van der Waals surface area contributed by atoms with Crippen LogP contribution in [0.15, 0.2) is 42.5 Å². The number of carbonyl (C=O) groups excluding carboxylic acids is 1. The lowest BCUT2D eigenvalue weighted by molar-refractivity contribution is -0.140. The van der Waals surface area contributed by atoms with Crippen LogP contribution in [0, 0.1) is 5.92 Å². The second kappa shape index (κ2) is 9.06. The minimum atomic E-state index is -4.99. The van der Waals surface area contributed by atoms with Crippen molar-refractivity contribution in [3.63, 3.8) is 0 Å². The van der Waals surface area contributed by atoms with Crippen LogP contribution in [0.5, 0.6) is 0 Å². The summed E-state index contributed by atoms with van der Waals surface area (Å²) in [6, 6.07) is 5.03. The number of alkyl halides is 6. The first kappa shape index (κ1) is 24.6. The van der Waals surface area contributed by atoms with E-state index >= 15 is 0 Å². The van der Waals surface area contributed by atoms with Crippen LogP contribution < -0.4 is 0 Å². The molecule has 1 atom stereocenters. The normalized spacial score (nSPS) is 16.2. The van der Waals surface area contributed by atoms with E-state index in [2.05, 4.69) is 0 Å². The molecule has 172 valence electrons. The summed E-state index contributed by atoms with van der Waals surface area (Å²) >= 11 is 11.4. The molecule has 0 aromatic heterocycles. The molecular formula is C22H15Cl2F7O. The SMILES string of the molecule is O=C(CC1CC1)c1ccc(/C(F)=C/C(c2ccc(Cl)c(Cl)c2)C(F)(F)F)cc1C(F)(F)F. The van der Waals surface area contributed by atoms with Crippen molar-refractivity contribution in [2.45, 2.75) is 37.5 Å². The predicted octanol–water partition coefficient (Wildman–Crippen LogP) is 8.65. The average Bonchev–Trinajstić information content (AvgIpc) is 3.50. The summed E-state index contributed by atoms with van der Waals surface area (Å²) in [4.78, 5) is 12.2. The Morgan fingerprint density at radius 1 is 1.00 bits per heavy atom. The third-order valence-electron chi connectivity index (χ3n) is 5.04. The van der Waals surface area contributed by atoms with Gasteiger partial charge in [-0.1, -0.05) is 41.4 Å². The van der Waals surface area contributed by atoms with Gasteiger partial charge in [-0.15, -0.1) is 0 Å². The zero-order valence-corrected chi connectivity index (χ0v) is 17.6. The van der Waals surface area contributed by atoms with E-state index in [1.807, 2.05) is 0 Å². The maximum atomic E-state index is 14.8. The lowest BCUT2D eigenvalue weighted by Gasteiger charge is -2.19. The quantitative estimate of drug-likeness (QED) is 0.287. The maximum Gasteiger partial charge on any atom is 0.417 e. The number of Topliss-reactive ketones (excluding diaryl/α,β-unsaturated/α-hetero) is 1. The number of carbonyl (C=O) groups is 1. The summed E-state index contributed by atoms with van der Waals surface area (Å²) in [5.41, 5.74) is -3.18. The van der Waals surface area contributed by atoms with Gasteiger partial charge in [-0.3, -0.25) is 4.79 Å². The zero-order valence-electron chi connectivity index (χ0n) is 16.1. The molecule has 0 N–H and O–H groups in total. The zero-order chi connectivity index (χ0) is 23.8. The molecule has 1 nitrogen and oxygen atoms in total. The summed E-state index contributed by atoms with van der Waals surface area (Å²) in [6.07, 6.45) is -8.35. The number of rotatable bonds is 6. The molecule has 1 fully saturated rings. The Morgan fingerprint density at radius 3 is 2.19 bits per heavy atom. The van der Waals surface area contributed by atoms with Crippen LogP contribution in [0.1, 0.15) is 52.2 Å². The molecule has 0 bridgehead atoms. The van der Waals surface area contributed by atoms with E-state index in [0.29, 0.717) is 6.07 Å². The van der Waals surface area contributed by atoms with E-state index < -0.39 is 52.1 Å². The van der Waals surface area contributed by atoms with Crippen molar-refractivity contribution in [2.24, 2.45) is 5.92 Å². The lowest BCUT2D eigenvalue weighted by Crippen LogP contribution is -2.19. The van der Waals surface area contributed by atoms with Gasteiger partial charge in [0.05, 0.1) is 15.6 Å². The fourth-order valence-corrected chi connectivity index (χ4v) is 3.50. The molecule has 1 saturated carbocycles. The summed E-state index contributed by atoms with van der Waals surface area (Å²) < 4.78 is 96.0. The number of halogens is 9. The van der Waals surface area contributed by atoms with E-state index in [9.17, 15) is 35.5 Å². The third kappa shape index (κ3) is 5.84. The highest BCUT2D eigenvalue weighted by Gasteiger charge is 2.41. The van der Waals surface area contributed by atoms with Gasteiger partial charge in [-0.2, -0.15) is 26.3 Å². The second-order valence-corrected chi connectivity index (χ2v) is 8.35. The van der Waals surface area contributed by atoms with Gasteiger partial charge in [0.1, 0.15) is 11.7 Å². The third-order valence-corrected chi connectivity index (χ3v) is 5.78. The Bertz CT molecular complexity index is 1050. The van der Waals surface area contributed by atoms with Crippen molar-refractivity contribution in [1.82, 2.24) is 0 Å². The molecule has 10 heteroatoms. The lowest BCUT2D eigenvalue weighted by atomic mass is 9.94. The van der Waals surface area contributed by atoms with Crippen LogP contribution in [0.2, 0.25) is 10.0 Å². The Morgan fingerprint density at radius 2 is 1.66 bits per heavy atom. The summed E-state index contributed by atoms with van der Waals surface area (Å²) in [5.74, 6) is -4.72. The van der Waals surface area contributed by atoms with E-state index in [0.717, 1.165) is 43.2 Å². The fourth-order valence-electron chi connectivity index (χ4n) is 3.19. The van der Waals surface area contributed by atoms with Gasteiger partial charge in [0.25, 0.3) is 0 Å². The highest BCUT2D eigenvalue weighted by atomic mass is 35.5. The van der Waals surface area contributed by atoms with E-state index in [1.54, 1.807) is 0 Å². The number of ketones is 1. The van der Waals surface area contributed by atoms with E-state index in [4.69, 9.17) is 23.2 Å². The Balaban J connectivity index is 2.02. The van der Waals surface area contributed by atoms with Crippen LogP contribution in [-0.2, 0) is 6.18 Å². The highest BCUT2D eigenvalue weighted by Crippen LogP contribution is 2.41. The standard InChI is InChI=1S/C22H15Cl2F7O/c23-17-6-4-12(9-18(17)24)15(21(26,27)28)10-19(25)13-3-5-14(16(8-13)22(29,30)31)20(32)7-11-1-2-11/h3-6,8-11,15H,1-2,7H2/b19-10-. The molecule has 1 aliphatic carbocycles. The summed E-state index contributed by atoms with van der Waals surface area (Å²) in [7, 11) is 0. The predicted molar refractivity (Wildman–Crippen MR) is 107 cm³/mol. The van der Waals surface area contributed by atoms with Crippen molar-refractivity contribution in [3.05, 3.63) is 74.8 Å². The number of benzene rings is 2. The van der Waals surface area contributed by atoms with Gasteiger partial charge in [-0.05, 0) is 48.6 Å². The second-order valence-electron chi connectivity index (χ2n) is 7.54. The first-order valence-corrected chi connectivity index (χ1v) is 10.2. The Hall–Kier alpha value is -2.06. The molecular weight excluding hydrogens is 484 g/mol. The largest absolute Gasteiger partial charge is 0.417 e. The van der Waals surface area contributed by atoms with Gasteiger partial charge in [0.2, 0.25) is 0 Å². The first-order valence-electron chi connectivity index (χ1n) is 9.41.